The van der Waals surface area contributed by atoms with E-state index in [2.05, 4.69) is 12.6 Å². The number of hydrogen-bond donors (Lipinski definition) is 2. The van der Waals surface area contributed by atoms with Crippen LogP contribution in [-0.2, 0) is 0 Å². The summed E-state index contributed by atoms with van der Waals surface area (Å²) in [6, 6.07) is 0.133. The minimum Gasteiger partial charge on any atom is -0.324 e. The smallest absolute Gasteiger partial charge is 0.0313 e. The van der Waals surface area contributed by atoms with Crippen LogP contribution in [0.2, 0.25) is 0 Å². The molecular formula is C5H11NS. The van der Waals surface area contributed by atoms with Gasteiger partial charge in [0.15, 0.2) is 0 Å². The molecule has 0 aromatic heterocycles. The third-order valence-corrected chi connectivity index (χ3v) is 1.07. The average molecular weight is 117 g/mol. The molecular weight excluding hydrogens is 106 g/mol. The van der Waals surface area contributed by atoms with Crippen LogP contribution in [0.15, 0.2) is 12.2 Å². The van der Waals surface area contributed by atoms with Crippen molar-refractivity contribution in [3.05, 3.63) is 12.2 Å². The Hall–Kier alpha value is 0.0500. The molecule has 1 atom stereocenters. The van der Waals surface area contributed by atoms with Gasteiger partial charge in [0.05, 0.1) is 0 Å². The second-order valence-corrected chi connectivity index (χ2v) is 1.74. The van der Waals surface area contributed by atoms with E-state index >= 15 is 0 Å². The lowest BCUT2D eigenvalue weighted by Crippen LogP contribution is -2.17. The first-order valence-electron chi connectivity index (χ1n) is 2.30. The fourth-order valence-corrected chi connectivity index (χ4v) is 0.430. The minimum absolute atomic E-state index is 0.133. The molecule has 0 saturated heterocycles. The first kappa shape index (κ1) is 7.05. The maximum atomic E-state index is 5.42. The predicted molar refractivity (Wildman–Crippen MR) is 36.6 cm³/mol. The first-order valence-corrected chi connectivity index (χ1v) is 2.93. The molecule has 0 aliphatic heterocycles. The summed E-state index contributed by atoms with van der Waals surface area (Å²) in [6.45, 7) is 1.95. The highest BCUT2D eigenvalue weighted by atomic mass is 32.1. The van der Waals surface area contributed by atoms with Crippen molar-refractivity contribution in [1.82, 2.24) is 0 Å². The monoisotopic (exact) mass is 117 g/mol. The summed E-state index contributed by atoms with van der Waals surface area (Å²) in [7, 11) is 0. The molecule has 0 amide bonds. The molecule has 0 spiro atoms. The molecule has 1 unspecified atom stereocenters. The summed E-state index contributed by atoms with van der Waals surface area (Å²) < 4.78 is 0. The highest BCUT2D eigenvalue weighted by Crippen LogP contribution is 1.83. The topological polar surface area (TPSA) is 26.0 Å². The van der Waals surface area contributed by atoms with Crippen molar-refractivity contribution >= 4 is 12.6 Å². The third-order valence-electron chi connectivity index (χ3n) is 0.650. The molecule has 2 heteroatoms. The lowest BCUT2D eigenvalue weighted by Gasteiger charge is -1.95. The Morgan fingerprint density at radius 2 is 2.43 bits per heavy atom. The van der Waals surface area contributed by atoms with Crippen LogP contribution in [0, 0.1) is 0 Å². The van der Waals surface area contributed by atoms with Gasteiger partial charge in [-0.25, -0.2) is 0 Å². The predicted octanol–water partition coefficient (Wildman–Crippen LogP) is 0.820. The van der Waals surface area contributed by atoms with Crippen molar-refractivity contribution in [3.63, 3.8) is 0 Å². The van der Waals surface area contributed by atoms with Crippen LogP contribution in [0.5, 0.6) is 0 Å². The number of rotatable bonds is 2. The highest BCUT2D eigenvalue weighted by Gasteiger charge is 1.86. The van der Waals surface area contributed by atoms with E-state index in [4.69, 9.17) is 5.73 Å². The summed E-state index contributed by atoms with van der Waals surface area (Å²) in [6.07, 6.45) is 3.86. The summed E-state index contributed by atoms with van der Waals surface area (Å²) in [4.78, 5) is 0. The molecule has 0 fully saturated rings. The van der Waals surface area contributed by atoms with E-state index in [1.54, 1.807) is 0 Å². The van der Waals surface area contributed by atoms with Gasteiger partial charge in [-0.3, -0.25) is 0 Å². The minimum atomic E-state index is 0.133. The van der Waals surface area contributed by atoms with Crippen LogP contribution >= 0.6 is 12.6 Å². The first-order chi connectivity index (χ1) is 3.31. The van der Waals surface area contributed by atoms with Gasteiger partial charge in [0.1, 0.15) is 0 Å². The van der Waals surface area contributed by atoms with Crippen molar-refractivity contribution in [2.45, 2.75) is 13.0 Å². The maximum Gasteiger partial charge on any atom is 0.0313 e. The second kappa shape index (κ2) is 4.22. The largest absolute Gasteiger partial charge is 0.324 e. The zero-order valence-electron chi connectivity index (χ0n) is 4.46. The summed E-state index contributed by atoms with van der Waals surface area (Å²) in [5.74, 6) is 0.727. The van der Waals surface area contributed by atoms with E-state index in [9.17, 15) is 0 Å². The van der Waals surface area contributed by atoms with Gasteiger partial charge in [0.2, 0.25) is 0 Å². The molecule has 2 N–H and O–H groups in total. The Bertz CT molecular complexity index is 61.1. The summed E-state index contributed by atoms with van der Waals surface area (Å²) in [5.41, 5.74) is 5.42. The molecule has 0 heterocycles. The quantitative estimate of drug-likeness (QED) is 0.406. The molecule has 0 aliphatic carbocycles. The van der Waals surface area contributed by atoms with E-state index in [1.807, 2.05) is 19.1 Å². The SMILES string of the molecule is C/C=C/C(N)CS. The maximum absolute atomic E-state index is 5.42. The van der Waals surface area contributed by atoms with Gasteiger partial charge in [-0.15, -0.1) is 0 Å². The van der Waals surface area contributed by atoms with Crippen molar-refractivity contribution in [3.8, 4) is 0 Å². The normalized spacial score (nSPS) is 15.3. The van der Waals surface area contributed by atoms with Crippen molar-refractivity contribution in [1.29, 1.82) is 0 Å². The molecule has 0 aliphatic rings. The number of allylic oxidation sites excluding steroid dienone is 1. The van der Waals surface area contributed by atoms with Gasteiger partial charge in [0, 0.05) is 11.8 Å². The van der Waals surface area contributed by atoms with Crippen LogP contribution in [0.25, 0.3) is 0 Å². The third kappa shape index (κ3) is 3.89. The average Bonchev–Trinajstić information content (AvgIpc) is 1.68. The van der Waals surface area contributed by atoms with Gasteiger partial charge in [0.25, 0.3) is 0 Å². The van der Waals surface area contributed by atoms with E-state index in [0.29, 0.717) is 0 Å². The molecule has 0 aromatic rings. The molecule has 1 nitrogen and oxygen atoms in total. The molecule has 0 radical (unpaired) electrons. The van der Waals surface area contributed by atoms with Crippen LogP contribution in [-0.4, -0.2) is 11.8 Å². The Kier molecular flexibility index (Phi) is 4.25. The molecule has 42 valence electrons. The summed E-state index contributed by atoms with van der Waals surface area (Å²) in [5, 5.41) is 0. The van der Waals surface area contributed by atoms with Crippen molar-refractivity contribution in [2.24, 2.45) is 5.73 Å². The Labute approximate surface area is 50.0 Å². The molecule has 0 rings (SSSR count). The van der Waals surface area contributed by atoms with Gasteiger partial charge < -0.3 is 5.73 Å². The zero-order chi connectivity index (χ0) is 5.70. The number of hydrogen-bond acceptors (Lipinski definition) is 2. The van der Waals surface area contributed by atoms with Crippen LogP contribution < -0.4 is 5.73 Å². The lowest BCUT2D eigenvalue weighted by atomic mass is 10.3. The molecule has 7 heavy (non-hydrogen) atoms. The Morgan fingerprint density at radius 3 is 2.57 bits per heavy atom. The molecule has 0 saturated carbocycles. The van der Waals surface area contributed by atoms with Crippen LogP contribution in [0.4, 0.5) is 0 Å². The van der Waals surface area contributed by atoms with E-state index in [1.165, 1.54) is 0 Å². The zero-order valence-corrected chi connectivity index (χ0v) is 5.36. The molecule has 0 bridgehead atoms. The summed E-state index contributed by atoms with van der Waals surface area (Å²) >= 11 is 3.97. The fourth-order valence-electron chi connectivity index (χ4n) is 0.308. The van der Waals surface area contributed by atoms with Gasteiger partial charge in [-0.1, -0.05) is 12.2 Å². The Balaban J connectivity index is 3.16. The van der Waals surface area contributed by atoms with Gasteiger partial charge in [-0.05, 0) is 6.92 Å². The Morgan fingerprint density at radius 1 is 1.86 bits per heavy atom. The standard InChI is InChI=1S/C5H11NS/c1-2-3-5(6)4-7/h2-3,5,7H,4,6H2,1H3/b3-2+. The molecule has 0 aromatic carbocycles. The van der Waals surface area contributed by atoms with E-state index in [-0.39, 0.29) is 6.04 Å². The fraction of sp³-hybridized carbons (Fsp3) is 0.600. The van der Waals surface area contributed by atoms with Crippen molar-refractivity contribution in [2.75, 3.05) is 5.75 Å². The van der Waals surface area contributed by atoms with Crippen LogP contribution in [0.3, 0.4) is 0 Å². The number of thiol groups is 1. The van der Waals surface area contributed by atoms with E-state index < -0.39 is 0 Å². The number of nitrogens with two attached hydrogens (primary N) is 1. The van der Waals surface area contributed by atoms with Crippen LogP contribution in [0.1, 0.15) is 6.92 Å². The lowest BCUT2D eigenvalue weighted by molar-refractivity contribution is 0.941. The van der Waals surface area contributed by atoms with Gasteiger partial charge >= 0.3 is 0 Å². The van der Waals surface area contributed by atoms with Crippen molar-refractivity contribution < 1.29 is 0 Å². The second-order valence-electron chi connectivity index (χ2n) is 1.37. The highest BCUT2D eigenvalue weighted by molar-refractivity contribution is 7.80. The van der Waals surface area contributed by atoms with E-state index in [0.717, 1.165) is 5.75 Å². The van der Waals surface area contributed by atoms with Gasteiger partial charge in [-0.2, -0.15) is 12.6 Å².